The van der Waals surface area contributed by atoms with Crippen LogP contribution in [0.25, 0.3) is 0 Å². The molecule has 0 aromatic heterocycles. The minimum atomic E-state index is -0.153. The van der Waals surface area contributed by atoms with Crippen LogP contribution < -0.4 is 14.8 Å². The quantitative estimate of drug-likeness (QED) is 0.800. The molecule has 1 amide bonds. The van der Waals surface area contributed by atoms with Crippen molar-refractivity contribution >= 4 is 5.91 Å². The molecule has 2 rings (SSSR count). The number of rotatable bonds is 8. The van der Waals surface area contributed by atoms with E-state index in [-0.39, 0.29) is 12.5 Å². The van der Waals surface area contributed by atoms with E-state index in [4.69, 9.17) is 9.47 Å². The highest BCUT2D eigenvalue weighted by atomic mass is 16.5. The predicted molar refractivity (Wildman–Crippen MR) is 95.5 cm³/mol. The van der Waals surface area contributed by atoms with Crippen molar-refractivity contribution in [2.45, 2.75) is 32.7 Å². The van der Waals surface area contributed by atoms with Crippen LogP contribution in [0.3, 0.4) is 0 Å². The summed E-state index contributed by atoms with van der Waals surface area (Å²) in [7, 11) is 1.62. The maximum absolute atomic E-state index is 12.1. The van der Waals surface area contributed by atoms with Gasteiger partial charge < -0.3 is 14.8 Å². The Labute approximate surface area is 143 Å². The zero-order chi connectivity index (χ0) is 17.4. The molecule has 1 unspecified atom stereocenters. The lowest BCUT2D eigenvalue weighted by Crippen LogP contribution is -2.28. The highest BCUT2D eigenvalue weighted by Gasteiger charge is 2.11. The van der Waals surface area contributed by atoms with E-state index in [0.29, 0.717) is 12.5 Å². The Morgan fingerprint density at radius 1 is 1.08 bits per heavy atom. The summed E-state index contributed by atoms with van der Waals surface area (Å²) in [4.78, 5) is 12.1. The van der Waals surface area contributed by atoms with E-state index in [1.807, 2.05) is 42.5 Å². The molecule has 0 saturated heterocycles. The Bertz CT molecular complexity index is 669. The van der Waals surface area contributed by atoms with E-state index in [9.17, 15) is 4.79 Å². The Morgan fingerprint density at radius 3 is 2.46 bits per heavy atom. The summed E-state index contributed by atoms with van der Waals surface area (Å²) in [5, 5.41) is 2.86. The van der Waals surface area contributed by atoms with Crippen LogP contribution in [0.4, 0.5) is 0 Å². The first-order valence-corrected chi connectivity index (χ1v) is 8.26. The summed E-state index contributed by atoms with van der Waals surface area (Å²) >= 11 is 0. The number of ether oxygens (including phenoxy) is 2. The molecule has 0 aliphatic carbocycles. The highest BCUT2D eigenvalue weighted by Crippen LogP contribution is 2.28. The lowest BCUT2D eigenvalue weighted by molar-refractivity contribution is -0.123. The van der Waals surface area contributed by atoms with Gasteiger partial charge in [-0.2, -0.15) is 0 Å². The fraction of sp³-hybridized carbons (Fsp3) is 0.350. The Balaban J connectivity index is 1.90. The minimum absolute atomic E-state index is 0.00258. The maximum Gasteiger partial charge on any atom is 0.258 e. The van der Waals surface area contributed by atoms with Crippen molar-refractivity contribution in [3.63, 3.8) is 0 Å². The molecule has 1 atom stereocenters. The first-order valence-electron chi connectivity index (χ1n) is 8.26. The first kappa shape index (κ1) is 17.9. The number of carbonyl (C=O) groups excluding carboxylic acids is 1. The van der Waals surface area contributed by atoms with E-state index < -0.39 is 0 Å². The number of hydrogen-bond donors (Lipinski definition) is 1. The lowest BCUT2D eigenvalue weighted by atomic mass is 9.98. The number of para-hydroxylation sites is 2. The third kappa shape index (κ3) is 4.75. The smallest absolute Gasteiger partial charge is 0.258 e. The fourth-order valence-corrected chi connectivity index (χ4v) is 2.48. The zero-order valence-corrected chi connectivity index (χ0v) is 14.5. The van der Waals surface area contributed by atoms with Gasteiger partial charge in [0.05, 0.1) is 7.11 Å². The first-order chi connectivity index (χ1) is 11.7. The van der Waals surface area contributed by atoms with Gasteiger partial charge in [-0.25, -0.2) is 0 Å². The summed E-state index contributed by atoms with van der Waals surface area (Å²) in [5.74, 6) is 1.79. The molecule has 0 fully saturated rings. The highest BCUT2D eigenvalue weighted by molar-refractivity contribution is 5.77. The van der Waals surface area contributed by atoms with E-state index in [1.165, 1.54) is 0 Å². The fourth-order valence-electron chi connectivity index (χ4n) is 2.48. The molecule has 2 aromatic carbocycles. The van der Waals surface area contributed by atoms with Gasteiger partial charge in [-0.15, -0.1) is 0 Å². The third-order valence-electron chi connectivity index (χ3n) is 4.09. The average Bonchev–Trinajstić information content (AvgIpc) is 2.64. The summed E-state index contributed by atoms with van der Waals surface area (Å²) in [6.07, 6.45) is 1.03. The number of nitrogens with one attached hydrogen (secondary N) is 1. The van der Waals surface area contributed by atoms with Crippen LogP contribution in [-0.4, -0.2) is 19.6 Å². The molecule has 0 aliphatic heterocycles. The Hall–Kier alpha value is -2.49. The lowest BCUT2D eigenvalue weighted by Gasteiger charge is -2.15. The summed E-state index contributed by atoms with van der Waals surface area (Å²) in [6, 6.07) is 15.5. The molecule has 4 nitrogen and oxygen atoms in total. The van der Waals surface area contributed by atoms with Gasteiger partial charge in [0.1, 0.15) is 11.5 Å². The van der Waals surface area contributed by atoms with Gasteiger partial charge in [-0.05, 0) is 30.0 Å². The summed E-state index contributed by atoms with van der Waals surface area (Å²) < 4.78 is 11.0. The van der Waals surface area contributed by atoms with Crippen molar-refractivity contribution in [1.29, 1.82) is 0 Å². The van der Waals surface area contributed by atoms with Crippen molar-refractivity contribution in [2.75, 3.05) is 13.7 Å². The SMILES string of the molecule is CCC(C)c1ccccc1OCC(=O)NCc1ccccc1OC. The molecule has 1 N–H and O–H groups in total. The number of benzene rings is 2. The van der Waals surface area contributed by atoms with Crippen LogP contribution in [0.1, 0.15) is 37.3 Å². The van der Waals surface area contributed by atoms with Crippen molar-refractivity contribution < 1.29 is 14.3 Å². The van der Waals surface area contributed by atoms with Gasteiger partial charge in [0.15, 0.2) is 6.61 Å². The predicted octanol–water partition coefficient (Wildman–Crippen LogP) is 3.90. The Morgan fingerprint density at radius 2 is 1.75 bits per heavy atom. The van der Waals surface area contributed by atoms with Gasteiger partial charge in [0.2, 0.25) is 0 Å². The third-order valence-corrected chi connectivity index (χ3v) is 4.09. The van der Waals surface area contributed by atoms with Crippen LogP contribution >= 0.6 is 0 Å². The molecule has 4 heteroatoms. The minimum Gasteiger partial charge on any atom is -0.496 e. The molecule has 2 aromatic rings. The van der Waals surface area contributed by atoms with E-state index in [0.717, 1.165) is 29.0 Å². The van der Waals surface area contributed by atoms with Crippen LogP contribution in [0.15, 0.2) is 48.5 Å². The van der Waals surface area contributed by atoms with E-state index in [2.05, 4.69) is 25.2 Å². The molecule has 0 bridgehead atoms. The van der Waals surface area contributed by atoms with Gasteiger partial charge in [-0.1, -0.05) is 50.2 Å². The molecular weight excluding hydrogens is 302 g/mol. The second kappa shape index (κ2) is 8.96. The van der Waals surface area contributed by atoms with E-state index in [1.54, 1.807) is 7.11 Å². The van der Waals surface area contributed by atoms with Crippen molar-refractivity contribution in [1.82, 2.24) is 5.32 Å². The van der Waals surface area contributed by atoms with Crippen molar-refractivity contribution in [2.24, 2.45) is 0 Å². The summed E-state index contributed by atoms with van der Waals surface area (Å²) in [5.41, 5.74) is 2.07. The van der Waals surface area contributed by atoms with Gasteiger partial charge in [0.25, 0.3) is 5.91 Å². The maximum atomic E-state index is 12.1. The van der Waals surface area contributed by atoms with Gasteiger partial charge in [-0.3, -0.25) is 4.79 Å². The molecular formula is C20H25NO3. The molecule has 0 spiro atoms. The second-order valence-electron chi connectivity index (χ2n) is 5.72. The normalized spacial score (nSPS) is 11.6. The van der Waals surface area contributed by atoms with Crippen LogP contribution in [0.2, 0.25) is 0 Å². The number of hydrogen-bond acceptors (Lipinski definition) is 3. The molecule has 0 saturated carbocycles. The number of amides is 1. The van der Waals surface area contributed by atoms with Crippen LogP contribution in [-0.2, 0) is 11.3 Å². The largest absolute Gasteiger partial charge is 0.496 e. The van der Waals surface area contributed by atoms with Crippen LogP contribution in [0.5, 0.6) is 11.5 Å². The zero-order valence-electron chi connectivity index (χ0n) is 14.5. The average molecular weight is 327 g/mol. The number of carbonyl (C=O) groups is 1. The van der Waals surface area contributed by atoms with Gasteiger partial charge in [0, 0.05) is 12.1 Å². The second-order valence-corrected chi connectivity index (χ2v) is 5.72. The topological polar surface area (TPSA) is 47.6 Å². The van der Waals surface area contributed by atoms with Crippen molar-refractivity contribution in [3.8, 4) is 11.5 Å². The molecule has 128 valence electrons. The summed E-state index contributed by atoms with van der Waals surface area (Å²) in [6.45, 7) is 4.72. The molecule has 0 heterocycles. The van der Waals surface area contributed by atoms with Gasteiger partial charge >= 0.3 is 0 Å². The molecule has 0 radical (unpaired) electrons. The van der Waals surface area contributed by atoms with E-state index >= 15 is 0 Å². The molecule has 0 aliphatic rings. The van der Waals surface area contributed by atoms with Crippen molar-refractivity contribution in [3.05, 3.63) is 59.7 Å². The monoisotopic (exact) mass is 327 g/mol. The van der Waals surface area contributed by atoms with Crippen LogP contribution in [0, 0.1) is 0 Å². The molecule has 24 heavy (non-hydrogen) atoms. The Kier molecular flexibility index (Phi) is 6.67. The number of methoxy groups -OCH3 is 1. The standard InChI is InChI=1S/C20H25NO3/c1-4-15(2)17-10-6-8-12-19(17)24-14-20(22)21-13-16-9-5-7-11-18(16)23-3/h5-12,15H,4,13-14H2,1-3H3,(H,21,22).